The number of carbonyl (C=O) groups is 2. The van der Waals surface area contributed by atoms with Crippen LogP contribution >= 0.6 is 0 Å². The summed E-state index contributed by atoms with van der Waals surface area (Å²) in [4.78, 5) is 33.8. The second kappa shape index (κ2) is 38.8. The molecule has 1 unspecified atom stereocenters. The van der Waals surface area contributed by atoms with Gasteiger partial charge in [0.1, 0.15) is 19.3 Å². The van der Waals surface area contributed by atoms with Gasteiger partial charge < -0.3 is 20.2 Å². The first kappa shape index (κ1) is 49.6. The Hall–Kier alpha value is -2.45. The van der Waals surface area contributed by atoms with E-state index in [1.807, 2.05) is 12.4 Å². The van der Waals surface area contributed by atoms with Crippen LogP contribution < -0.4 is 5.73 Å². The van der Waals surface area contributed by atoms with Crippen molar-refractivity contribution in [1.82, 2.24) is 14.9 Å². The Morgan fingerprint density at radius 1 is 0.648 bits per heavy atom. The van der Waals surface area contributed by atoms with E-state index in [0.717, 1.165) is 31.4 Å². The van der Waals surface area contributed by atoms with E-state index < -0.39 is 12.0 Å². The first-order valence-corrected chi connectivity index (χ1v) is 22.7. The maximum absolute atomic E-state index is 13.1. The summed E-state index contributed by atoms with van der Waals surface area (Å²) >= 11 is 0. The fourth-order valence-electron chi connectivity index (χ4n) is 6.76. The second-order valence-electron chi connectivity index (χ2n) is 15.4. The highest BCUT2D eigenvalue weighted by molar-refractivity contribution is 5.79. The summed E-state index contributed by atoms with van der Waals surface area (Å²) in [5.41, 5.74) is 6.71. The molecule has 1 aromatic heterocycles. The van der Waals surface area contributed by atoms with Crippen LogP contribution in [-0.2, 0) is 25.5 Å². The molecule has 3 N–H and O–H groups in total. The van der Waals surface area contributed by atoms with E-state index in [4.69, 9.17) is 15.2 Å². The SMILES string of the molecule is CCCCCCCCCCCCCCCC/C=C\N(/C=C/CCCCCCCCCCCCCCCC)C(=O)COCCOC(=O)C(N)Cc1cnc[nH]1. The number of nitrogens with one attached hydrogen (secondary N) is 1. The lowest BCUT2D eigenvalue weighted by Crippen LogP contribution is -2.35. The summed E-state index contributed by atoms with van der Waals surface area (Å²) < 4.78 is 10.8. The molecule has 1 heterocycles. The van der Waals surface area contributed by atoms with Crippen molar-refractivity contribution in [1.29, 1.82) is 0 Å². The van der Waals surface area contributed by atoms with Gasteiger partial charge in [0.25, 0.3) is 5.91 Å². The Labute approximate surface area is 332 Å². The highest BCUT2D eigenvalue weighted by atomic mass is 16.6. The first-order chi connectivity index (χ1) is 26.6. The molecule has 0 radical (unpaired) electrons. The third kappa shape index (κ3) is 31.9. The fraction of sp³-hybridized carbons (Fsp3) is 0.804. The van der Waals surface area contributed by atoms with E-state index in [1.165, 1.54) is 167 Å². The number of allylic oxidation sites excluding steroid dienone is 2. The smallest absolute Gasteiger partial charge is 0.323 e. The van der Waals surface area contributed by atoms with Crippen molar-refractivity contribution in [3.8, 4) is 0 Å². The molecule has 0 aliphatic heterocycles. The number of hydrogen-bond donors (Lipinski definition) is 2. The molecule has 0 spiro atoms. The summed E-state index contributed by atoms with van der Waals surface area (Å²) in [6.07, 6.45) is 51.2. The van der Waals surface area contributed by atoms with Crippen LogP contribution in [-0.4, -0.2) is 52.6 Å². The van der Waals surface area contributed by atoms with Gasteiger partial charge in [-0.3, -0.25) is 14.5 Å². The second-order valence-corrected chi connectivity index (χ2v) is 15.4. The van der Waals surface area contributed by atoms with Crippen LogP contribution in [0.25, 0.3) is 0 Å². The molecular weight excluding hydrogens is 673 g/mol. The molecule has 1 aromatic rings. The molecule has 8 nitrogen and oxygen atoms in total. The number of unbranched alkanes of at least 4 members (excludes halogenated alkanes) is 28. The number of aromatic amines is 1. The Balaban J connectivity index is 2.28. The molecule has 1 amide bonds. The fourth-order valence-corrected chi connectivity index (χ4v) is 6.76. The van der Waals surface area contributed by atoms with Gasteiger partial charge in [0.05, 0.1) is 12.9 Å². The number of rotatable bonds is 40. The zero-order chi connectivity index (χ0) is 39.0. The number of amides is 1. The highest BCUT2D eigenvalue weighted by Crippen LogP contribution is 2.15. The van der Waals surface area contributed by atoms with Gasteiger partial charge in [-0.2, -0.15) is 0 Å². The van der Waals surface area contributed by atoms with Gasteiger partial charge in [-0.25, -0.2) is 4.98 Å². The Morgan fingerprint density at radius 3 is 1.44 bits per heavy atom. The quantitative estimate of drug-likeness (QED) is 0.0509. The molecule has 0 bridgehead atoms. The molecule has 0 aliphatic carbocycles. The number of hydrogen-bond acceptors (Lipinski definition) is 6. The first-order valence-electron chi connectivity index (χ1n) is 22.7. The van der Waals surface area contributed by atoms with E-state index in [0.29, 0.717) is 6.42 Å². The summed E-state index contributed by atoms with van der Waals surface area (Å²) in [5, 5.41) is 0. The number of aromatic nitrogens is 2. The van der Waals surface area contributed by atoms with Gasteiger partial charge in [0, 0.05) is 30.7 Å². The van der Waals surface area contributed by atoms with Crippen molar-refractivity contribution in [2.45, 2.75) is 219 Å². The normalized spacial score (nSPS) is 12.3. The van der Waals surface area contributed by atoms with Crippen LogP contribution in [0.15, 0.2) is 37.1 Å². The van der Waals surface area contributed by atoms with Crippen LogP contribution in [0.1, 0.15) is 212 Å². The predicted octanol–water partition coefficient (Wildman–Crippen LogP) is 12.4. The minimum absolute atomic E-state index is 0.0483. The maximum Gasteiger partial charge on any atom is 0.323 e. The van der Waals surface area contributed by atoms with Crippen LogP contribution in [0.3, 0.4) is 0 Å². The lowest BCUT2D eigenvalue weighted by Gasteiger charge is -2.15. The van der Waals surface area contributed by atoms with Gasteiger partial charge in [0.2, 0.25) is 0 Å². The van der Waals surface area contributed by atoms with Crippen molar-refractivity contribution >= 4 is 11.9 Å². The van der Waals surface area contributed by atoms with Crippen molar-refractivity contribution in [3.05, 3.63) is 42.8 Å². The summed E-state index contributed by atoms with van der Waals surface area (Å²) in [6, 6.07) is -0.780. The van der Waals surface area contributed by atoms with Crippen molar-refractivity contribution in [2.24, 2.45) is 5.73 Å². The maximum atomic E-state index is 13.1. The number of carbonyl (C=O) groups excluding carboxylic acids is 2. The minimum Gasteiger partial charge on any atom is -0.462 e. The van der Waals surface area contributed by atoms with Gasteiger partial charge in [-0.15, -0.1) is 0 Å². The third-order valence-electron chi connectivity index (χ3n) is 10.3. The molecule has 0 saturated heterocycles. The Kier molecular flexibility index (Phi) is 35.6. The van der Waals surface area contributed by atoms with E-state index in [2.05, 4.69) is 36.0 Å². The number of H-pyrrole nitrogens is 1. The molecule has 54 heavy (non-hydrogen) atoms. The van der Waals surface area contributed by atoms with Gasteiger partial charge >= 0.3 is 5.97 Å². The Bertz CT molecular complexity index is 970. The highest BCUT2D eigenvalue weighted by Gasteiger charge is 2.16. The number of ether oxygens (including phenoxy) is 2. The molecule has 0 aromatic carbocycles. The number of imidazole rings is 1. The van der Waals surface area contributed by atoms with Crippen LogP contribution in [0.2, 0.25) is 0 Å². The van der Waals surface area contributed by atoms with E-state index >= 15 is 0 Å². The monoisotopic (exact) mass is 757 g/mol. The van der Waals surface area contributed by atoms with Gasteiger partial charge in [0.15, 0.2) is 0 Å². The van der Waals surface area contributed by atoms with Crippen molar-refractivity contribution in [2.75, 3.05) is 19.8 Å². The standard InChI is InChI=1S/C46H84N4O4/c1-3-5-7-9-11-13-15-17-19-21-23-25-27-29-31-33-35-50(36-34-32-30-28-26-24-22-20-18-16-14-12-10-8-6-4-2)45(51)41-53-37-38-54-46(52)44(47)39-43-40-48-42-49-43/h33-36,40,42,44H,3-32,37-39,41,47H2,1-2H3,(H,48,49)/b35-33-,36-34+. The molecule has 1 atom stereocenters. The molecule has 8 heteroatoms. The lowest BCUT2D eigenvalue weighted by atomic mass is 10.0. The van der Waals surface area contributed by atoms with Crippen LogP contribution in [0, 0.1) is 0 Å². The van der Waals surface area contributed by atoms with Gasteiger partial charge in [-0.05, 0) is 25.7 Å². The summed E-state index contributed by atoms with van der Waals surface area (Å²) in [6.45, 7) is 4.66. The van der Waals surface area contributed by atoms with Gasteiger partial charge in [-0.1, -0.05) is 193 Å². The predicted molar refractivity (Wildman–Crippen MR) is 227 cm³/mol. The summed E-state index contributed by atoms with van der Waals surface area (Å²) in [7, 11) is 0. The molecule has 312 valence electrons. The minimum atomic E-state index is -0.780. The van der Waals surface area contributed by atoms with E-state index in [9.17, 15) is 9.59 Å². The zero-order valence-electron chi connectivity index (χ0n) is 35.2. The molecular formula is C46H84N4O4. The van der Waals surface area contributed by atoms with Crippen molar-refractivity contribution in [3.63, 3.8) is 0 Å². The average molecular weight is 757 g/mol. The van der Waals surface area contributed by atoms with Crippen LogP contribution in [0.5, 0.6) is 0 Å². The van der Waals surface area contributed by atoms with E-state index in [1.54, 1.807) is 17.4 Å². The zero-order valence-corrected chi connectivity index (χ0v) is 35.2. The number of esters is 1. The van der Waals surface area contributed by atoms with Crippen molar-refractivity contribution < 1.29 is 19.1 Å². The average Bonchev–Trinajstić information content (AvgIpc) is 3.69. The number of nitrogens with zero attached hydrogens (tertiary/aromatic N) is 2. The molecule has 0 fully saturated rings. The third-order valence-corrected chi connectivity index (χ3v) is 10.3. The molecule has 1 rings (SSSR count). The molecule has 0 saturated carbocycles. The molecule has 0 aliphatic rings. The largest absolute Gasteiger partial charge is 0.462 e. The Morgan fingerprint density at radius 2 is 1.06 bits per heavy atom. The summed E-state index contributed by atoms with van der Waals surface area (Å²) in [5.74, 6) is -0.634. The topological polar surface area (TPSA) is 111 Å². The number of nitrogens with two attached hydrogens (primary N) is 1. The van der Waals surface area contributed by atoms with E-state index in [-0.39, 0.29) is 25.7 Å². The lowest BCUT2D eigenvalue weighted by molar-refractivity contribution is -0.147. The van der Waals surface area contributed by atoms with Crippen LogP contribution in [0.4, 0.5) is 0 Å².